The minimum Gasteiger partial charge on any atom is -0.300 e. The van der Waals surface area contributed by atoms with Crippen LogP contribution in [0.15, 0.2) is 54.6 Å². The molecule has 0 saturated carbocycles. The van der Waals surface area contributed by atoms with E-state index < -0.39 is 0 Å². The molecule has 2 heteroatoms. The van der Waals surface area contributed by atoms with E-state index in [0.717, 1.165) is 30.8 Å². The van der Waals surface area contributed by atoms with Gasteiger partial charge in [-0.2, -0.15) is 0 Å². The molecule has 0 aliphatic carbocycles. The smallest absolute Gasteiger partial charge is 0.185 e. The molecule has 2 rings (SSSR count). The molecular formula is C21H25NO. The summed E-state index contributed by atoms with van der Waals surface area (Å²) >= 11 is 0. The average molecular weight is 307 g/mol. The molecule has 23 heavy (non-hydrogen) atoms. The number of rotatable bonds is 7. The number of carbonyl (C=O) groups excluding carboxylic acids is 1. The van der Waals surface area contributed by atoms with E-state index in [-0.39, 0.29) is 5.78 Å². The van der Waals surface area contributed by atoms with Crippen molar-refractivity contribution >= 4 is 11.9 Å². The third kappa shape index (κ3) is 4.90. The molecule has 2 aromatic rings. The first-order valence-electron chi connectivity index (χ1n) is 8.23. The lowest BCUT2D eigenvalue weighted by molar-refractivity contribution is 0.104. The minimum atomic E-state index is 0.0441. The number of ketones is 1. The Balaban J connectivity index is 2.04. The number of benzene rings is 2. The van der Waals surface area contributed by atoms with Crippen LogP contribution in [0.4, 0.5) is 0 Å². The highest BCUT2D eigenvalue weighted by Gasteiger charge is 2.04. The Labute approximate surface area is 139 Å². The zero-order chi connectivity index (χ0) is 16.7. The molecule has 0 radical (unpaired) electrons. The van der Waals surface area contributed by atoms with Gasteiger partial charge in [0.25, 0.3) is 0 Å². The Morgan fingerprint density at radius 3 is 2.26 bits per heavy atom. The fourth-order valence-corrected chi connectivity index (χ4v) is 2.52. The van der Waals surface area contributed by atoms with Crippen molar-refractivity contribution in [1.29, 1.82) is 0 Å². The zero-order valence-electron chi connectivity index (χ0n) is 14.3. The predicted molar refractivity (Wildman–Crippen MR) is 97.6 cm³/mol. The summed E-state index contributed by atoms with van der Waals surface area (Å²) in [5.74, 6) is 0.0441. The molecule has 0 unspecified atom stereocenters. The van der Waals surface area contributed by atoms with Crippen LogP contribution in [0.25, 0.3) is 6.08 Å². The third-order valence-corrected chi connectivity index (χ3v) is 4.14. The van der Waals surface area contributed by atoms with Crippen LogP contribution >= 0.6 is 0 Å². The van der Waals surface area contributed by atoms with Crippen molar-refractivity contribution in [1.82, 2.24) is 4.90 Å². The van der Waals surface area contributed by atoms with Crippen molar-refractivity contribution in [3.05, 3.63) is 76.9 Å². The molecular weight excluding hydrogens is 282 g/mol. The zero-order valence-corrected chi connectivity index (χ0v) is 14.3. The predicted octanol–water partition coefficient (Wildman–Crippen LogP) is 4.73. The number of hydrogen-bond acceptors (Lipinski definition) is 2. The summed E-state index contributed by atoms with van der Waals surface area (Å²) < 4.78 is 0. The van der Waals surface area contributed by atoms with Gasteiger partial charge < -0.3 is 0 Å². The molecule has 0 fully saturated rings. The Kier molecular flexibility index (Phi) is 6.30. The maximum Gasteiger partial charge on any atom is 0.185 e. The lowest BCUT2D eigenvalue weighted by Gasteiger charge is -2.17. The minimum absolute atomic E-state index is 0.0441. The molecule has 2 nitrogen and oxygen atoms in total. The average Bonchev–Trinajstić information content (AvgIpc) is 2.59. The fraction of sp³-hybridized carbons (Fsp3) is 0.286. The van der Waals surface area contributed by atoms with Crippen molar-refractivity contribution in [3.8, 4) is 0 Å². The van der Waals surface area contributed by atoms with E-state index >= 15 is 0 Å². The van der Waals surface area contributed by atoms with E-state index in [1.165, 1.54) is 11.1 Å². The SMILES string of the molecule is CCN(CC)Cc1ccc(C(=O)/C=C/c2ccccc2C)cc1. The van der Waals surface area contributed by atoms with Crippen LogP contribution in [0.3, 0.4) is 0 Å². The Hall–Kier alpha value is -2.19. The van der Waals surface area contributed by atoms with Crippen molar-refractivity contribution in [3.63, 3.8) is 0 Å². The number of nitrogens with zero attached hydrogens (tertiary/aromatic N) is 1. The summed E-state index contributed by atoms with van der Waals surface area (Å²) in [5.41, 5.74) is 4.23. The molecule has 0 aromatic heterocycles. The summed E-state index contributed by atoms with van der Waals surface area (Å²) in [6, 6.07) is 16.0. The van der Waals surface area contributed by atoms with Crippen LogP contribution < -0.4 is 0 Å². The third-order valence-electron chi connectivity index (χ3n) is 4.14. The van der Waals surface area contributed by atoms with Gasteiger partial charge in [0.15, 0.2) is 5.78 Å². The van der Waals surface area contributed by atoms with Gasteiger partial charge in [0.1, 0.15) is 0 Å². The van der Waals surface area contributed by atoms with Gasteiger partial charge in [-0.3, -0.25) is 9.69 Å². The molecule has 0 saturated heterocycles. The monoisotopic (exact) mass is 307 g/mol. The summed E-state index contributed by atoms with van der Waals surface area (Å²) in [5, 5.41) is 0. The van der Waals surface area contributed by atoms with Crippen molar-refractivity contribution in [2.45, 2.75) is 27.3 Å². The summed E-state index contributed by atoms with van der Waals surface area (Å²) in [6.45, 7) is 9.38. The van der Waals surface area contributed by atoms with Gasteiger partial charge in [-0.15, -0.1) is 0 Å². The topological polar surface area (TPSA) is 20.3 Å². The van der Waals surface area contributed by atoms with Crippen LogP contribution in [0.1, 0.15) is 40.9 Å². The van der Waals surface area contributed by atoms with Crippen LogP contribution in [-0.2, 0) is 6.54 Å². The lowest BCUT2D eigenvalue weighted by Crippen LogP contribution is -2.22. The largest absolute Gasteiger partial charge is 0.300 e. The molecule has 0 atom stereocenters. The summed E-state index contributed by atoms with van der Waals surface area (Å²) in [6.07, 6.45) is 3.54. The van der Waals surface area contributed by atoms with E-state index in [9.17, 15) is 4.79 Å². The second kappa shape index (κ2) is 8.44. The van der Waals surface area contributed by atoms with Gasteiger partial charge in [0.05, 0.1) is 0 Å². The molecule has 0 spiro atoms. The van der Waals surface area contributed by atoms with Gasteiger partial charge in [-0.25, -0.2) is 0 Å². The Morgan fingerprint density at radius 1 is 1.00 bits per heavy atom. The Morgan fingerprint density at radius 2 is 1.65 bits per heavy atom. The number of allylic oxidation sites excluding steroid dienone is 1. The first kappa shape index (κ1) is 17.2. The fourth-order valence-electron chi connectivity index (χ4n) is 2.52. The molecule has 0 aliphatic heterocycles. The molecule has 0 aliphatic rings. The molecule has 0 heterocycles. The van der Waals surface area contributed by atoms with E-state index in [2.05, 4.69) is 18.7 Å². The first-order chi connectivity index (χ1) is 11.1. The van der Waals surface area contributed by atoms with E-state index in [0.29, 0.717) is 0 Å². The molecule has 2 aromatic carbocycles. The molecule has 120 valence electrons. The first-order valence-corrected chi connectivity index (χ1v) is 8.23. The maximum atomic E-state index is 12.3. The maximum absolute atomic E-state index is 12.3. The quantitative estimate of drug-likeness (QED) is 0.544. The van der Waals surface area contributed by atoms with Gasteiger partial charge in [-0.1, -0.05) is 68.5 Å². The number of aryl methyl sites for hydroxylation is 1. The molecule has 0 bridgehead atoms. The van der Waals surface area contributed by atoms with Gasteiger partial charge in [-0.05, 0) is 42.8 Å². The van der Waals surface area contributed by atoms with Crippen molar-refractivity contribution in [2.24, 2.45) is 0 Å². The number of hydrogen-bond donors (Lipinski definition) is 0. The standard InChI is InChI=1S/C21H25NO/c1-4-22(5-2)16-18-10-12-20(13-11-18)21(23)15-14-19-9-7-6-8-17(19)3/h6-15H,4-5,16H2,1-3H3/b15-14+. The summed E-state index contributed by atoms with van der Waals surface area (Å²) in [7, 11) is 0. The highest BCUT2D eigenvalue weighted by molar-refractivity contribution is 6.06. The lowest BCUT2D eigenvalue weighted by atomic mass is 10.0. The molecule has 0 N–H and O–H groups in total. The van der Waals surface area contributed by atoms with Crippen molar-refractivity contribution in [2.75, 3.05) is 13.1 Å². The summed E-state index contributed by atoms with van der Waals surface area (Å²) in [4.78, 5) is 14.6. The second-order valence-corrected chi connectivity index (χ2v) is 5.71. The van der Waals surface area contributed by atoms with Crippen LogP contribution in [0.2, 0.25) is 0 Å². The highest BCUT2D eigenvalue weighted by atomic mass is 16.1. The van der Waals surface area contributed by atoms with Gasteiger partial charge in [0, 0.05) is 12.1 Å². The van der Waals surface area contributed by atoms with E-state index in [4.69, 9.17) is 0 Å². The van der Waals surface area contributed by atoms with Crippen molar-refractivity contribution < 1.29 is 4.79 Å². The van der Waals surface area contributed by atoms with Crippen LogP contribution in [0.5, 0.6) is 0 Å². The second-order valence-electron chi connectivity index (χ2n) is 5.71. The van der Waals surface area contributed by atoms with E-state index in [1.807, 2.05) is 61.5 Å². The normalized spacial score (nSPS) is 11.3. The Bertz CT molecular complexity index is 666. The van der Waals surface area contributed by atoms with E-state index in [1.54, 1.807) is 6.08 Å². The van der Waals surface area contributed by atoms with Crippen LogP contribution in [0, 0.1) is 6.92 Å². The number of carbonyl (C=O) groups is 1. The van der Waals surface area contributed by atoms with Crippen LogP contribution in [-0.4, -0.2) is 23.8 Å². The molecule has 0 amide bonds. The van der Waals surface area contributed by atoms with Gasteiger partial charge in [0.2, 0.25) is 0 Å². The highest BCUT2D eigenvalue weighted by Crippen LogP contribution is 2.12. The van der Waals surface area contributed by atoms with Gasteiger partial charge >= 0.3 is 0 Å².